The van der Waals surface area contributed by atoms with Crippen molar-refractivity contribution >= 4 is 0 Å². The summed E-state index contributed by atoms with van der Waals surface area (Å²) in [5.74, 6) is -1.70. The van der Waals surface area contributed by atoms with Crippen LogP contribution in [0.2, 0.25) is 0 Å². The lowest BCUT2D eigenvalue weighted by Crippen LogP contribution is -2.22. The standard InChI is InChI=1S/C15H13F3O2/c16-15(17,18)14(11-3-7-13(20)8-4-11)9-10-1-5-12(19)6-2-10/h1-8,14,19-20H,9H2/t14-/m0/s1. The van der Waals surface area contributed by atoms with Gasteiger partial charge in [0.15, 0.2) is 0 Å². The summed E-state index contributed by atoms with van der Waals surface area (Å²) in [4.78, 5) is 0. The van der Waals surface area contributed by atoms with Crippen LogP contribution in [0.5, 0.6) is 11.5 Å². The van der Waals surface area contributed by atoms with Crippen molar-refractivity contribution in [3.05, 3.63) is 59.7 Å². The van der Waals surface area contributed by atoms with Gasteiger partial charge in [-0.2, -0.15) is 13.2 Å². The molecule has 0 aromatic heterocycles. The Morgan fingerprint density at radius 3 is 1.70 bits per heavy atom. The molecule has 1 atom stereocenters. The smallest absolute Gasteiger partial charge is 0.396 e. The Labute approximate surface area is 114 Å². The Morgan fingerprint density at radius 2 is 1.25 bits per heavy atom. The topological polar surface area (TPSA) is 40.5 Å². The zero-order valence-electron chi connectivity index (χ0n) is 10.4. The lowest BCUT2D eigenvalue weighted by Gasteiger charge is -2.21. The van der Waals surface area contributed by atoms with Crippen LogP contribution in [0.1, 0.15) is 17.0 Å². The van der Waals surface area contributed by atoms with Crippen molar-refractivity contribution in [3.63, 3.8) is 0 Å². The Morgan fingerprint density at radius 1 is 0.800 bits per heavy atom. The third-order valence-electron chi connectivity index (χ3n) is 3.07. The maximum atomic E-state index is 13.2. The van der Waals surface area contributed by atoms with Crippen molar-refractivity contribution in [1.29, 1.82) is 0 Å². The predicted octanol–water partition coefficient (Wildman–Crippen LogP) is 3.99. The highest BCUT2D eigenvalue weighted by Crippen LogP contribution is 2.38. The van der Waals surface area contributed by atoms with Crippen molar-refractivity contribution < 1.29 is 23.4 Å². The van der Waals surface area contributed by atoms with E-state index >= 15 is 0 Å². The molecule has 0 aliphatic carbocycles. The molecule has 2 rings (SSSR count). The van der Waals surface area contributed by atoms with E-state index in [4.69, 9.17) is 10.2 Å². The van der Waals surface area contributed by atoms with Crippen LogP contribution in [-0.2, 0) is 6.42 Å². The monoisotopic (exact) mass is 282 g/mol. The van der Waals surface area contributed by atoms with Crippen LogP contribution in [0.15, 0.2) is 48.5 Å². The van der Waals surface area contributed by atoms with Crippen molar-refractivity contribution in [1.82, 2.24) is 0 Å². The minimum atomic E-state index is -4.38. The molecule has 0 saturated carbocycles. The van der Waals surface area contributed by atoms with Gasteiger partial charge >= 0.3 is 6.18 Å². The number of phenols is 2. The molecule has 2 nitrogen and oxygen atoms in total. The summed E-state index contributed by atoms with van der Waals surface area (Å²) in [6, 6.07) is 10.7. The molecule has 0 radical (unpaired) electrons. The van der Waals surface area contributed by atoms with E-state index in [2.05, 4.69) is 0 Å². The first-order valence-electron chi connectivity index (χ1n) is 6.00. The van der Waals surface area contributed by atoms with Crippen LogP contribution < -0.4 is 0 Å². The SMILES string of the molecule is Oc1ccc(C[C@@H](c2ccc(O)cc2)C(F)(F)F)cc1. The molecule has 2 N–H and O–H groups in total. The van der Waals surface area contributed by atoms with Gasteiger partial charge in [0.05, 0.1) is 5.92 Å². The average molecular weight is 282 g/mol. The molecule has 106 valence electrons. The van der Waals surface area contributed by atoms with Gasteiger partial charge in [0.25, 0.3) is 0 Å². The third-order valence-corrected chi connectivity index (χ3v) is 3.07. The second-order valence-electron chi connectivity index (χ2n) is 4.56. The van der Waals surface area contributed by atoms with Gasteiger partial charge in [0.2, 0.25) is 0 Å². The van der Waals surface area contributed by atoms with Crippen LogP contribution in [0.4, 0.5) is 13.2 Å². The van der Waals surface area contributed by atoms with Gasteiger partial charge in [0.1, 0.15) is 11.5 Å². The first kappa shape index (κ1) is 14.2. The number of halogens is 3. The zero-order chi connectivity index (χ0) is 14.8. The minimum Gasteiger partial charge on any atom is -0.508 e. The quantitative estimate of drug-likeness (QED) is 0.893. The van der Waals surface area contributed by atoms with E-state index in [1.165, 1.54) is 48.5 Å². The predicted molar refractivity (Wildman–Crippen MR) is 68.7 cm³/mol. The summed E-state index contributed by atoms with van der Waals surface area (Å²) in [5, 5.41) is 18.3. The molecule has 0 amide bonds. The van der Waals surface area contributed by atoms with Crippen LogP contribution in [0, 0.1) is 0 Å². The molecule has 0 heterocycles. The number of hydrogen-bond acceptors (Lipinski definition) is 2. The van der Waals surface area contributed by atoms with Gasteiger partial charge in [-0.05, 0) is 41.8 Å². The second-order valence-corrected chi connectivity index (χ2v) is 4.56. The van der Waals surface area contributed by atoms with Crippen LogP contribution in [0.3, 0.4) is 0 Å². The fraction of sp³-hybridized carbons (Fsp3) is 0.200. The van der Waals surface area contributed by atoms with Crippen molar-refractivity contribution in [2.45, 2.75) is 18.5 Å². The maximum absolute atomic E-state index is 13.2. The number of phenolic OH excluding ortho intramolecular Hbond substituents is 2. The average Bonchev–Trinajstić information content (AvgIpc) is 2.38. The fourth-order valence-electron chi connectivity index (χ4n) is 2.00. The molecule has 0 saturated heterocycles. The van der Waals surface area contributed by atoms with Crippen LogP contribution >= 0.6 is 0 Å². The van der Waals surface area contributed by atoms with E-state index in [-0.39, 0.29) is 23.5 Å². The highest BCUT2D eigenvalue weighted by atomic mass is 19.4. The first-order chi connectivity index (χ1) is 9.36. The molecule has 2 aromatic carbocycles. The van der Waals surface area contributed by atoms with Crippen molar-refractivity contribution in [2.24, 2.45) is 0 Å². The molecule has 0 aliphatic rings. The normalized spacial score (nSPS) is 13.2. The summed E-state index contributed by atoms with van der Waals surface area (Å²) < 4.78 is 39.5. The minimum absolute atomic E-state index is 0.0157. The Kier molecular flexibility index (Phi) is 3.88. The van der Waals surface area contributed by atoms with E-state index < -0.39 is 12.1 Å². The van der Waals surface area contributed by atoms with Gasteiger partial charge in [-0.15, -0.1) is 0 Å². The molecule has 0 bridgehead atoms. The number of hydrogen-bond donors (Lipinski definition) is 2. The van der Waals surface area contributed by atoms with E-state index in [9.17, 15) is 13.2 Å². The van der Waals surface area contributed by atoms with Gasteiger partial charge in [-0.1, -0.05) is 24.3 Å². The molecular weight excluding hydrogens is 269 g/mol. The molecule has 0 spiro atoms. The Hall–Kier alpha value is -2.17. The molecule has 2 aromatic rings. The molecule has 0 aliphatic heterocycles. The van der Waals surface area contributed by atoms with Gasteiger partial charge in [-0.3, -0.25) is 0 Å². The number of rotatable bonds is 3. The molecular formula is C15H13F3O2. The van der Waals surface area contributed by atoms with E-state index in [1.807, 2.05) is 0 Å². The zero-order valence-corrected chi connectivity index (χ0v) is 10.4. The largest absolute Gasteiger partial charge is 0.508 e. The van der Waals surface area contributed by atoms with Crippen LogP contribution in [0.25, 0.3) is 0 Å². The second kappa shape index (κ2) is 5.45. The van der Waals surface area contributed by atoms with E-state index in [0.29, 0.717) is 5.56 Å². The fourth-order valence-corrected chi connectivity index (χ4v) is 2.00. The Balaban J connectivity index is 2.29. The molecule has 0 unspecified atom stereocenters. The molecule has 0 fully saturated rings. The van der Waals surface area contributed by atoms with E-state index in [1.54, 1.807) is 0 Å². The van der Waals surface area contributed by atoms with Gasteiger partial charge < -0.3 is 10.2 Å². The van der Waals surface area contributed by atoms with Gasteiger partial charge in [0, 0.05) is 0 Å². The third kappa shape index (κ3) is 3.44. The highest BCUT2D eigenvalue weighted by molar-refractivity contribution is 5.32. The lowest BCUT2D eigenvalue weighted by atomic mass is 9.91. The Bertz CT molecular complexity index is 559. The summed E-state index contributed by atoms with van der Waals surface area (Å²) >= 11 is 0. The highest BCUT2D eigenvalue weighted by Gasteiger charge is 2.40. The molecule has 5 heteroatoms. The van der Waals surface area contributed by atoms with Crippen LogP contribution in [-0.4, -0.2) is 16.4 Å². The van der Waals surface area contributed by atoms with E-state index in [0.717, 1.165) is 0 Å². The number of benzene rings is 2. The maximum Gasteiger partial charge on any atom is 0.396 e. The number of alkyl halides is 3. The number of aromatic hydroxyl groups is 2. The summed E-state index contributed by atoms with van der Waals surface area (Å²) in [6.07, 6.45) is -4.59. The summed E-state index contributed by atoms with van der Waals surface area (Å²) in [5.41, 5.74) is 0.585. The van der Waals surface area contributed by atoms with Crippen molar-refractivity contribution in [2.75, 3.05) is 0 Å². The summed E-state index contributed by atoms with van der Waals surface area (Å²) in [6.45, 7) is 0. The lowest BCUT2D eigenvalue weighted by molar-refractivity contribution is -0.150. The molecule has 20 heavy (non-hydrogen) atoms. The summed E-state index contributed by atoms with van der Waals surface area (Å²) in [7, 11) is 0. The van der Waals surface area contributed by atoms with Gasteiger partial charge in [-0.25, -0.2) is 0 Å². The van der Waals surface area contributed by atoms with Crippen molar-refractivity contribution in [3.8, 4) is 11.5 Å². The first-order valence-corrected chi connectivity index (χ1v) is 6.00.